The standard InChI is InChI=1S/C16H15BrN2OS/c17-12-7-10-5-6-20-15(10)11(8-12)9-19-14-4-2-1-3-13(14)16(18)21/h1-4,7-8,19H,5-6,9H2,(H2,18,21). The number of fused-ring (bicyclic) bond motifs is 1. The van der Waals surface area contributed by atoms with Gasteiger partial charge >= 0.3 is 0 Å². The van der Waals surface area contributed by atoms with E-state index in [0.717, 1.165) is 40.1 Å². The van der Waals surface area contributed by atoms with E-state index in [1.165, 1.54) is 5.56 Å². The fraction of sp³-hybridized carbons (Fsp3) is 0.188. The van der Waals surface area contributed by atoms with Gasteiger partial charge in [-0.25, -0.2) is 0 Å². The summed E-state index contributed by atoms with van der Waals surface area (Å²) >= 11 is 8.64. The summed E-state index contributed by atoms with van der Waals surface area (Å²) in [4.78, 5) is 0.397. The SMILES string of the molecule is NC(=S)c1ccccc1NCc1cc(Br)cc2c1OCC2. The maximum atomic E-state index is 5.76. The predicted molar refractivity (Wildman–Crippen MR) is 93.0 cm³/mol. The molecule has 0 spiro atoms. The van der Waals surface area contributed by atoms with Gasteiger partial charge in [0.25, 0.3) is 0 Å². The molecule has 0 atom stereocenters. The molecule has 0 saturated heterocycles. The second-order valence-electron chi connectivity index (χ2n) is 4.92. The molecule has 0 aliphatic carbocycles. The Kier molecular flexibility index (Phi) is 4.12. The van der Waals surface area contributed by atoms with Crippen molar-refractivity contribution in [1.82, 2.24) is 0 Å². The van der Waals surface area contributed by atoms with Crippen LogP contribution in [-0.2, 0) is 13.0 Å². The maximum Gasteiger partial charge on any atom is 0.127 e. The Morgan fingerprint density at radius 1 is 1.33 bits per heavy atom. The van der Waals surface area contributed by atoms with E-state index in [-0.39, 0.29) is 0 Å². The van der Waals surface area contributed by atoms with E-state index in [1.807, 2.05) is 24.3 Å². The lowest BCUT2D eigenvalue weighted by molar-refractivity contribution is 0.354. The Balaban J connectivity index is 1.85. The Morgan fingerprint density at radius 2 is 2.14 bits per heavy atom. The molecule has 2 aromatic carbocycles. The summed E-state index contributed by atoms with van der Waals surface area (Å²) < 4.78 is 6.81. The number of anilines is 1. The highest BCUT2D eigenvalue weighted by Crippen LogP contribution is 2.33. The molecule has 1 heterocycles. The molecule has 0 unspecified atom stereocenters. The molecule has 1 aliphatic rings. The number of hydrogen-bond donors (Lipinski definition) is 2. The zero-order valence-electron chi connectivity index (χ0n) is 11.4. The Labute approximate surface area is 137 Å². The number of nitrogens with one attached hydrogen (secondary N) is 1. The van der Waals surface area contributed by atoms with Crippen LogP contribution in [-0.4, -0.2) is 11.6 Å². The number of hydrogen-bond acceptors (Lipinski definition) is 3. The fourth-order valence-electron chi connectivity index (χ4n) is 2.52. The van der Waals surface area contributed by atoms with Crippen LogP contribution in [0.25, 0.3) is 0 Å². The summed E-state index contributed by atoms with van der Waals surface area (Å²) in [5.41, 5.74) is 9.95. The van der Waals surface area contributed by atoms with Crippen molar-refractivity contribution in [3.63, 3.8) is 0 Å². The molecular formula is C16H15BrN2OS. The van der Waals surface area contributed by atoms with E-state index < -0.39 is 0 Å². The van der Waals surface area contributed by atoms with Crippen molar-refractivity contribution in [2.45, 2.75) is 13.0 Å². The van der Waals surface area contributed by atoms with Gasteiger partial charge in [0.2, 0.25) is 0 Å². The zero-order valence-corrected chi connectivity index (χ0v) is 13.8. The van der Waals surface area contributed by atoms with Crippen LogP contribution < -0.4 is 15.8 Å². The minimum Gasteiger partial charge on any atom is -0.493 e. The van der Waals surface area contributed by atoms with Crippen molar-refractivity contribution in [2.75, 3.05) is 11.9 Å². The third-order valence-corrected chi connectivity index (χ3v) is 4.16. The van der Waals surface area contributed by atoms with Gasteiger partial charge in [0.15, 0.2) is 0 Å². The van der Waals surface area contributed by atoms with E-state index in [2.05, 4.69) is 33.4 Å². The summed E-state index contributed by atoms with van der Waals surface area (Å²) in [5, 5.41) is 3.40. The smallest absolute Gasteiger partial charge is 0.127 e. The number of rotatable bonds is 4. The molecule has 0 fully saturated rings. The first-order valence-electron chi connectivity index (χ1n) is 6.72. The summed E-state index contributed by atoms with van der Waals surface area (Å²) in [5.74, 6) is 0.999. The van der Waals surface area contributed by atoms with Crippen molar-refractivity contribution >= 4 is 38.8 Å². The highest BCUT2D eigenvalue weighted by atomic mass is 79.9. The van der Waals surface area contributed by atoms with Gasteiger partial charge in [0.1, 0.15) is 10.7 Å². The van der Waals surface area contributed by atoms with E-state index in [1.54, 1.807) is 0 Å². The predicted octanol–water partition coefficient (Wildman–Crippen LogP) is 3.63. The molecule has 21 heavy (non-hydrogen) atoms. The van der Waals surface area contributed by atoms with Crippen molar-refractivity contribution in [1.29, 1.82) is 0 Å². The summed E-state index contributed by atoms with van der Waals surface area (Å²) in [6.45, 7) is 1.42. The molecule has 1 aliphatic heterocycles. The van der Waals surface area contributed by atoms with Gasteiger partial charge in [-0.1, -0.05) is 40.3 Å². The minimum absolute atomic E-state index is 0.397. The second-order valence-corrected chi connectivity index (χ2v) is 6.27. The van der Waals surface area contributed by atoms with Crippen LogP contribution in [0.1, 0.15) is 16.7 Å². The average molecular weight is 363 g/mol. The van der Waals surface area contributed by atoms with Gasteiger partial charge in [-0.2, -0.15) is 0 Å². The Bertz CT molecular complexity index is 703. The normalized spacial score (nSPS) is 12.6. The van der Waals surface area contributed by atoms with Crippen LogP contribution in [0.4, 0.5) is 5.69 Å². The number of thiocarbonyl (C=S) groups is 1. The molecule has 3 N–H and O–H groups in total. The first kappa shape index (κ1) is 14.4. The van der Waals surface area contributed by atoms with Crippen molar-refractivity contribution < 1.29 is 4.74 Å². The van der Waals surface area contributed by atoms with Crippen LogP contribution in [0.5, 0.6) is 5.75 Å². The van der Waals surface area contributed by atoms with Gasteiger partial charge in [0, 0.05) is 34.3 Å². The Morgan fingerprint density at radius 3 is 2.95 bits per heavy atom. The highest BCUT2D eigenvalue weighted by Gasteiger charge is 2.17. The lowest BCUT2D eigenvalue weighted by Gasteiger charge is -2.13. The maximum absolute atomic E-state index is 5.76. The van der Waals surface area contributed by atoms with Gasteiger partial charge in [-0.05, 0) is 29.8 Å². The van der Waals surface area contributed by atoms with E-state index in [9.17, 15) is 0 Å². The van der Waals surface area contributed by atoms with Gasteiger partial charge in [-0.3, -0.25) is 0 Å². The number of nitrogens with two attached hydrogens (primary N) is 1. The molecule has 3 nitrogen and oxygen atoms in total. The molecule has 0 aromatic heterocycles. The van der Waals surface area contributed by atoms with Gasteiger partial charge in [0.05, 0.1) is 6.61 Å². The first-order chi connectivity index (χ1) is 10.1. The van der Waals surface area contributed by atoms with Crippen LogP contribution in [0, 0.1) is 0 Å². The van der Waals surface area contributed by atoms with Gasteiger partial charge < -0.3 is 15.8 Å². The Hall–Kier alpha value is -1.59. The number of benzene rings is 2. The summed E-state index contributed by atoms with van der Waals surface area (Å²) in [7, 11) is 0. The van der Waals surface area contributed by atoms with E-state index in [0.29, 0.717) is 11.5 Å². The van der Waals surface area contributed by atoms with E-state index in [4.69, 9.17) is 22.7 Å². The molecule has 3 rings (SSSR count). The van der Waals surface area contributed by atoms with Gasteiger partial charge in [-0.15, -0.1) is 0 Å². The fourth-order valence-corrected chi connectivity index (χ4v) is 3.25. The number of para-hydroxylation sites is 1. The molecule has 0 amide bonds. The lowest BCUT2D eigenvalue weighted by atomic mass is 10.1. The topological polar surface area (TPSA) is 47.3 Å². The van der Waals surface area contributed by atoms with E-state index >= 15 is 0 Å². The molecular weight excluding hydrogens is 348 g/mol. The molecule has 0 bridgehead atoms. The largest absolute Gasteiger partial charge is 0.493 e. The van der Waals surface area contributed by atoms with Crippen molar-refractivity contribution in [2.24, 2.45) is 5.73 Å². The molecule has 2 aromatic rings. The van der Waals surface area contributed by atoms with Crippen LogP contribution >= 0.6 is 28.1 Å². The monoisotopic (exact) mass is 362 g/mol. The quantitative estimate of drug-likeness (QED) is 0.815. The number of halogens is 1. The third kappa shape index (κ3) is 3.04. The summed E-state index contributed by atoms with van der Waals surface area (Å²) in [6.07, 6.45) is 0.964. The van der Waals surface area contributed by atoms with Crippen molar-refractivity contribution in [3.05, 3.63) is 57.6 Å². The highest BCUT2D eigenvalue weighted by molar-refractivity contribution is 9.10. The molecule has 0 saturated carbocycles. The van der Waals surface area contributed by atoms with Crippen molar-refractivity contribution in [3.8, 4) is 5.75 Å². The van der Waals surface area contributed by atoms with Crippen LogP contribution in [0.3, 0.4) is 0 Å². The average Bonchev–Trinajstić information content (AvgIpc) is 2.93. The second kappa shape index (κ2) is 6.03. The molecule has 108 valence electrons. The van der Waals surface area contributed by atoms with Crippen LogP contribution in [0.2, 0.25) is 0 Å². The number of ether oxygens (including phenoxy) is 1. The summed E-state index contributed by atoms with van der Waals surface area (Å²) in [6, 6.07) is 12.0. The molecule has 0 radical (unpaired) electrons. The van der Waals surface area contributed by atoms with Crippen LogP contribution in [0.15, 0.2) is 40.9 Å². The minimum atomic E-state index is 0.397. The first-order valence-corrected chi connectivity index (χ1v) is 7.92. The third-order valence-electron chi connectivity index (χ3n) is 3.49. The lowest BCUT2D eigenvalue weighted by Crippen LogP contribution is -2.13. The zero-order chi connectivity index (χ0) is 14.8. The molecule has 5 heteroatoms.